The number of carbonyl (C=O) groups excluding carboxylic acids is 2. The summed E-state index contributed by atoms with van der Waals surface area (Å²) in [5.41, 5.74) is -1.45. The number of nitrogens with zero attached hydrogens (tertiary/aromatic N) is 1. The largest absolute Gasteiger partial charge is 0.416 e. The lowest BCUT2D eigenvalue weighted by Gasteiger charge is -2.09. The molecule has 0 bridgehead atoms. The molecule has 0 saturated heterocycles. The van der Waals surface area contributed by atoms with Crippen LogP contribution in [0.5, 0.6) is 0 Å². The number of hydrogen-bond donors (Lipinski definition) is 1. The first-order valence-corrected chi connectivity index (χ1v) is 6.92. The van der Waals surface area contributed by atoms with Crippen molar-refractivity contribution in [1.82, 2.24) is 0 Å². The van der Waals surface area contributed by atoms with Crippen molar-refractivity contribution in [2.24, 2.45) is 0 Å². The number of carbonyl (C=O) groups is 2. The Bertz CT molecular complexity index is 834. The van der Waals surface area contributed by atoms with E-state index in [9.17, 15) is 32.9 Å². The average molecular weight is 352 g/mol. The van der Waals surface area contributed by atoms with Gasteiger partial charge in [0, 0.05) is 23.7 Å². The normalized spacial score (nSPS) is 11.0. The Morgan fingerprint density at radius 3 is 2.40 bits per heavy atom. The predicted octanol–water partition coefficient (Wildman–Crippen LogP) is 3.36. The zero-order valence-electron chi connectivity index (χ0n) is 12.5. The molecular weight excluding hydrogens is 341 g/mol. The number of para-hydroxylation sites is 1. The lowest BCUT2D eigenvalue weighted by molar-refractivity contribution is -0.385. The van der Waals surface area contributed by atoms with E-state index in [1.807, 2.05) is 0 Å². The minimum atomic E-state index is -4.59. The molecule has 0 spiro atoms. The van der Waals surface area contributed by atoms with Gasteiger partial charge < -0.3 is 5.32 Å². The van der Waals surface area contributed by atoms with Gasteiger partial charge in [-0.2, -0.15) is 13.2 Å². The number of amides is 1. The Hall–Kier alpha value is -3.23. The second-order valence-electron chi connectivity index (χ2n) is 5.02. The molecule has 2 rings (SSSR count). The highest BCUT2D eigenvalue weighted by molar-refractivity contribution is 6.41. The summed E-state index contributed by atoms with van der Waals surface area (Å²) in [5, 5.41) is 12.9. The van der Waals surface area contributed by atoms with Crippen molar-refractivity contribution >= 4 is 23.1 Å². The Kier molecular flexibility index (Phi) is 5.16. The number of benzene rings is 2. The number of hydrogen-bond acceptors (Lipinski definition) is 4. The number of Topliss-reactive ketones (excluding diaryl/α,β-unsaturated/α-hetero) is 1. The highest BCUT2D eigenvalue weighted by Crippen LogP contribution is 2.30. The fraction of sp³-hybridized carbons (Fsp3) is 0.125. The number of nitro groups is 1. The summed E-state index contributed by atoms with van der Waals surface area (Å²) < 4.78 is 37.9. The van der Waals surface area contributed by atoms with Gasteiger partial charge in [-0.3, -0.25) is 19.7 Å². The van der Waals surface area contributed by atoms with E-state index in [4.69, 9.17) is 0 Å². The van der Waals surface area contributed by atoms with Crippen LogP contribution in [0, 0.1) is 10.1 Å². The first-order chi connectivity index (χ1) is 11.7. The zero-order valence-corrected chi connectivity index (χ0v) is 12.5. The Labute approximate surface area is 139 Å². The van der Waals surface area contributed by atoms with Crippen molar-refractivity contribution < 1.29 is 27.7 Å². The molecule has 0 unspecified atom stereocenters. The standard InChI is InChI=1S/C16H11F3N2O4/c17-16(18,19)11-5-3-6-12(9-11)20-15(23)14(22)8-10-4-1-2-7-13(10)21(24)25/h1-7,9H,8H2,(H,20,23). The van der Waals surface area contributed by atoms with Gasteiger partial charge in [-0.05, 0) is 18.2 Å². The molecular formula is C16H11F3N2O4. The van der Waals surface area contributed by atoms with E-state index in [0.717, 1.165) is 12.1 Å². The van der Waals surface area contributed by atoms with Crippen LogP contribution in [0.25, 0.3) is 0 Å². The average Bonchev–Trinajstić information content (AvgIpc) is 2.54. The van der Waals surface area contributed by atoms with Crippen molar-refractivity contribution in [3.05, 3.63) is 69.8 Å². The van der Waals surface area contributed by atoms with Crippen LogP contribution in [0.1, 0.15) is 11.1 Å². The SMILES string of the molecule is O=C(Cc1ccccc1[N+](=O)[O-])C(=O)Nc1cccc(C(F)(F)F)c1. The third-order valence-corrected chi connectivity index (χ3v) is 3.24. The van der Waals surface area contributed by atoms with E-state index in [0.29, 0.717) is 6.07 Å². The third-order valence-electron chi connectivity index (χ3n) is 3.24. The van der Waals surface area contributed by atoms with E-state index in [2.05, 4.69) is 5.32 Å². The molecule has 1 amide bonds. The Morgan fingerprint density at radius 1 is 1.08 bits per heavy atom. The molecule has 0 aromatic heterocycles. The molecule has 0 aliphatic carbocycles. The van der Waals surface area contributed by atoms with Crippen molar-refractivity contribution in [3.63, 3.8) is 0 Å². The summed E-state index contributed by atoms with van der Waals surface area (Å²) in [6.45, 7) is 0. The minimum absolute atomic E-state index is 0.0386. The summed E-state index contributed by atoms with van der Waals surface area (Å²) in [6.07, 6.45) is -5.13. The molecule has 2 aromatic rings. The van der Waals surface area contributed by atoms with Gasteiger partial charge in [0.1, 0.15) is 0 Å². The van der Waals surface area contributed by atoms with E-state index in [1.54, 1.807) is 0 Å². The van der Waals surface area contributed by atoms with Crippen LogP contribution in [-0.2, 0) is 22.2 Å². The van der Waals surface area contributed by atoms with Gasteiger partial charge in [0.25, 0.3) is 11.6 Å². The zero-order chi connectivity index (χ0) is 18.6. The van der Waals surface area contributed by atoms with Crippen molar-refractivity contribution in [2.45, 2.75) is 12.6 Å². The van der Waals surface area contributed by atoms with Gasteiger partial charge in [-0.1, -0.05) is 24.3 Å². The van der Waals surface area contributed by atoms with Crippen LogP contribution in [0.4, 0.5) is 24.5 Å². The molecule has 25 heavy (non-hydrogen) atoms. The maximum Gasteiger partial charge on any atom is 0.416 e. The minimum Gasteiger partial charge on any atom is -0.319 e. The molecule has 1 N–H and O–H groups in total. The van der Waals surface area contributed by atoms with Crippen LogP contribution >= 0.6 is 0 Å². The lowest BCUT2D eigenvalue weighted by Crippen LogP contribution is -2.25. The molecule has 0 radical (unpaired) electrons. The molecule has 0 atom stereocenters. The van der Waals surface area contributed by atoms with Gasteiger partial charge in [-0.15, -0.1) is 0 Å². The topological polar surface area (TPSA) is 89.3 Å². The van der Waals surface area contributed by atoms with Gasteiger partial charge in [0.15, 0.2) is 0 Å². The van der Waals surface area contributed by atoms with E-state index >= 15 is 0 Å². The molecule has 0 fully saturated rings. The number of nitro benzene ring substituents is 1. The van der Waals surface area contributed by atoms with Crippen molar-refractivity contribution in [3.8, 4) is 0 Å². The molecule has 0 aliphatic heterocycles. The summed E-state index contributed by atoms with van der Waals surface area (Å²) in [4.78, 5) is 34.0. The summed E-state index contributed by atoms with van der Waals surface area (Å²) in [7, 11) is 0. The van der Waals surface area contributed by atoms with E-state index in [1.165, 1.54) is 30.3 Å². The molecule has 0 heterocycles. The van der Waals surface area contributed by atoms with E-state index in [-0.39, 0.29) is 16.9 Å². The molecule has 9 heteroatoms. The van der Waals surface area contributed by atoms with Crippen LogP contribution in [-0.4, -0.2) is 16.6 Å². The maximum absolute atomic E-state index is 12.6. The van der Waals surface area contributed by atoms with Gasteiger partial charge in [-0.25, -0.2) is 0 Å². The summed E-state index contributed by atoms with van der Waals surface area (Å²) in [5.74, 6) is -2.16. The first kappa shape index (κ1) is 18.1. The lowest BCUT2D eigenvalue weighted by atomic mass is 10.1. The number of rotatable bonds is 5. The second-order valence-corrected chi connectivity index (χ2v) is 5.02. The van der Waals surface area contributed by atoms with Gasteiger partial charge in [0.05, 0.1) is 10.5 Å². The quantitative estimate of drug-likeness (QED) is 0.508. The highest BCUT2D eigenvalue weighted by atomic mass is 19.4. The Balaban J connectivity index is 2.12. The predicted molar refractivity (Wildman–Crippen MR) is 81.9 cm³/mol. The third kappa shape index (κ3) is 4.63. The van der Waals surface area contributed by atoms with Gasteiger partial charge in [0.2, 0.25) is 5.78 Å². The number of nitrogens with one attached hydrogen (secondary N) is 1. The number of ketones is 1. The smallest absolute Gasteiger partial charge is 0.319 e. The Morgan fingerprint density at radius 2 is 1.76 bits per heavy atom. The van der Waals surface area contributed by atoms with Crippen molar-refractivity contribution in [1.29, 1.82) is 0 Å². The van der Waals surface area contributed by atoms with Crippen molar-refractivity contribution in [2.75, 3.05) is 5.32 Å². The second kappa shape index (κ2) is 7.12. The fourth-order valence-electron chi connectivity index (χ4n) is 2.07. The maximum atomic E-state index is 12.6. The van der Waals surface area contributed by atoms with Crippen LogP contribution in [0.3, 0.4) is 0 Å². The first-order valence-electron chi connectivity index (χ1n) is 6.92. The molecule has 2 aromatic carbocycles. The monoisotopic (exact) mass is 352 g/mol. The highest BCUT2D eigenvalue weighted by Gasteiger charge is 2.30. The van der Waals surface area contributed by atoms with Crippen LogP contribution in [0.15, 0.2) is 48.5 Å². The molecule has 130 valence electrons. The van der Waals surface area contributed by atoms with Gasteiger partial charge >= 0.3 is 6.18 Å². The number of anilines is 1. The number of halogens is 3. The number of alkyl halides is 3. The van der Waals surface area contributed by atoms with Crippen LogP contribution < -0.4 is 5.32 Å². The van der Waals surface area contributed by atoms with E-state index < -0.39 is 34.8 Å². The summed E-state index contributed by atoms with van der Waals surface area (Å²) in [6, 6.07) is 9.20. The molecule has 0 saturated carbocycles. The fourth-order valence-corrected chi connectivity index (χ4v) is 2.07. The summed E-state index contributed by atoms with van der Waals surface area (Å²) >= 11 is 0. The van der Waals surface area contributed by atoms with Crippen LogP contribution in [0.2, 0.25) is 0 Å². The molecule has 0 aliphatic rings. The molecule has 6 nitrogen and oxygen atoms in total.